The van der Waals surface area contributed by atoms with E-state index in [-0.39, 0.29) is 35.6 Å². The molecule has 0 unspecified atom stereocenters. The summed E-state index contributed by atoms with van der Waals surface area (Å²) < 4.78 is 34.4. The Bertz CT molecular complexity index is 1540. The zero-order valence-corrected chi connectivity index (χ0v) is 25.6. The molecule has 3 heterocycles. The van der Waals surface area contributed by atoms with Crippen molar-refractivity contribution in [2.24, 2.45) is 5.92 Å². The first-order chi connectivity index (χ1) is 19.5. The third kappa shape index (κ3) is 6.22. The second kappa shape index (κ2) is 12.0. The quantitative estimate of drug-likeness (QED) is 0.374. The maximum absolute atomic E-state index is 13.7. The lowest BCUT2D eigenvalue weighted by atomic mass is 9.96. The molecule has 0 N–H and O–H groups in total. The van der Waals surface area contributed by atoms with Gasteiger partial charge in [0.15, 0.2) is 10.7 Å². The number of nitrogens with zero attached hydrogens (tertiary/aromatic N) is 4. The fourth-order valence-corrected chi connectivity index (χ4v) is 7.90. The van der Waals surface area contributed by atoms with Crippen LogP contribution in [0.3, 0.4) is 0 Å². The Morgan fingerprint density at radius 3 is 2.24 bits per heavy atom. The minimum atomic E-state index is -3.84. The number of amides is 1. The molecule has 0 atom stereocenters. The van der Waals surface area contributed by atoms with Gasteiger partial charge in [-0.15, -0.1) is 0 Å². The number of rotatable bonds is 6. The molecule has 0 saturated carbocycles. The molecule has 0 spiro atoms. The molecule has 2 fully saturated rings. The number of halogens is 1. The molecule has 218 valence electrons. The Kier molecular flexibility index (Phi) is 8.59. The van der Waals surface area contributed by atoms with E-state index in [0.717, 1.165) is 35.5 Å². The van der Waals surface area contributed by atoms with Gasteiger partial charge in [-0.25, -0.2) is 8.42 Å². The zero-order chi connectivity index (χ0) is 29.3. The molecular weight excluding hydrogens is 560 g/mol. The molecule has 2 aliphatic heterocycles. The summed E-state index contributed by atoms with van der Waals surface area (Å²) >= 11 is 6.15. The van der Waals surface area contributed by atoms with Gasteiger partial charge in [0, 0.05) is 55.9 Å². The van der Waals surface area contributed by atoms with Crippen LogP contribution in [-0.4, -0.2) is 68.0 Å². The number of piperazine rings is 1. The second-order valence-electron chi connectivity index (χ2n) is 11.1. The number of carbonyl (C=O) groups is 1. The molecule has 0 aliphatic carbocycles. The Labute approximate surface area is 247 Å². The molecule has 1 aromatic heterocycles. The summed E-state index contributed by atoms with van der Waals surface area (Å²) in [6, 6.07) is 12.0. The molecular formula is C31H37ClN4O4S. The highest BCUT2D eigenvalue weighted by atomic mass is 35.5. The minimum Gasteiger partial charge on any atom is -0.368 e. The normalized spacial score (nSPS) is 17.5. The first-order valence-corrected chi connectivity index (χ1v) is 15.9. The van der Waals surface area contributed by atoms with Crippen LogP contribution in [0.1, 0.15) is 46.5 Å². The van der Waals surface area contributed by atoms with Crippen molar-refractivity contribution < 1.29 is 17.7 Å². The second-order valence-corrected chi connectivity index (χ2v) is 13.4. The predicted octanol–water partition coefficient (Wildman–Crippen LogP) is 5.48. The zero-order valence-electron chi connectivity index (χ0n) is 24.1. The van der Waals surface area contributed by atoms with Gasteiger partial charge >= 0.3 is 0 Å². The molecule has 41 heavy (non-hydrogen) atoms. The van der Waals surface area contributed by atoms with Gasteiger partial charge in [-0.3, -0.25) is 4.79 Å². The van der Waals surface area contributed by atoms with Gasteiger partial charge in [0.25, 0.3) is 0 Å². The van der Waals surface area contributed by atoms with Crippen LogP contribution in [0.4, 0.5) is 5.69 Å². The van der Waals surface area contributed by atoms with E-state index < -0.39 is 10.0 Å². The van der Waals surface area contributed by atoms with Crippen LogP contribution in [-0.2, 0) is 14.8 Å². The molecule has 10 heteroatoms. The fraction of sp³-hybridized carbons (Fsp3) is 0.419. The first-order valence-electron chi connectivity index (χ1n) is 14.1. The number of anilines is 1. The van der Waals surface area contributed by atoms with Gasteiger partial charge in [0.2, 0.25) is 15.9 Å². The Morgan fingerprint density at radius 1 is 0.951 bits per heavy atom. The van der Waals surface area contributed by atoms with Crippen molar-refractivity contribution in [2.45, 2.75) is 45.4 Å². The van der Waals surface area contributed by atoms with Crippen LogP contribution < -0.4 is 4.90 Å². The van der Waals surface area contributed by atoms with E-state index in [0.29, 0.717) is 36.6 Å². The molecule has 2 aliphatic rings. The molecule has 0 bridgehead atoms. The summed E-state index contributed by atoms with van der Waals surface area (Å²) in [6.45, 7) is 11.1. The number of carbonyl (C=O) groups excluding carboxylic acids is 1. The standard InChI is InChI=1S/C31H37ClN4O4S/c1-21-18-22(2)28(23(3)19-21)8-9-29-30(24(4)33-40-29)41(38,39)36-12-10-25(11-13-36)31(37)35-16-14-34(15-17-35)27-7-5-6-26(32)20-27/h5-9,18-20,25H,10-17H2,1-4H3. The Morgan fingerprint density at radius 2 is 1.61 bits per heavy atom. The summed E-state index contributed by atoms with van der Waals surface area (Å²) in [4.78, 5) is 17.6. The highest BCUT2D eigenvalue weighted by Crippen LogP contribution is 2.31. The van der Waals surface area contributed by atoms with Crippen molar-refractivity contribution in [2.75, 3.05) is 44.2 Å². The van der Waals surface area contributed by atoms with Gasteiger partial charge in [-0.05, 0) is 81.5 Å². The third-order valence-electron chi connectivity index (χ3n) is 8.14. The van der Waals surface area contributed by atoms with Crippen molar-refractivity contribution in [3.8, 4) is 0 Å². The van der Waals surface area contributed by atoms with E-state index in [1.807, 2.05) is 49.1 Å². The number of sulfonamides is 1. The smallest absolute Gasteiger partial charge is 0.248 e. The Balaban J connectivity index is 1.22. The molecule has 1 amide bonds. The summed E-state index contributed by atoms with van der Waals surface area (Å²) in [5, 5.41) is 4.68. The molecule has 8 nitrogen and oxygen atoms in total. The van der Waals surface area contributed by atoms with Crippen LogP contribution in [0, 0.1) is 33.6 Å². The molecule has 3 aromatic rings. The highest BCUT2D eigenvalue weighted by Gasteiger charge is 2.37. The van der Waals surface area contributed by atoms with E-state index in [4.69, 9.17) is 16.1 Å². The van der Waals surface area contributed by atoms with Gasteiger partial charge in [0.05, 0.1) is 0 Å². The lowest BCUT2D eigenvalue weighted by Gasteiger charge is -2.39. The van der Waals surface area contributed by atoms with Crippen molar-refractivity contribution in [3.05, 3.63) is 75.1 Å². The van der Waals surface area contributed by atoms with E-state index in [2.05, 4.69) is 29.1 Å². The average molecular weight is 597 g/mol. The largest absolute Gasteiger partial charge is 0.368 e. The van der Waals surface area contributed by atoms with Gasteiger partial charge in [0.1, 0.15) is 5.69 Å². The van der Waals surface area contributed by atoms with E-state index in [1.165, 1.54) is 9.87 Å². The lowest BCUT2D eigenvalue weighted by molar-refractivity contribution is -0.137. The van der Waals surface area contributed by atoms with Crippen LogP contribution in [0.5, 0.6) is 0 Å². The third-order valence-corrected chi connectivity index (χ3v) is 10.4. The van der Waals surface area contributed by atoms with Crippen LogP contribution in [0.25, 0.3) is 12.2 Å². The van der Waals surface area contributed by atoms with E-state index >= 15 is 0 Å². The number of aryl methyl sites for hydroxylation is 4. The van der Waals surface area contributed by atoms with Crippen LogP contribution >= 0.6 is 11.6 Å². The number of hydrogen-bond acceptors (Lipinski definition) is 6. The molecule has 5 rings (SSSR count). The molecule has 0 radical (unpaired) electrons. The van der Waals surface area contributed by atoms with Gasteiger partial charge < -0.3 is 14.3 Å². The van der Waals surface area contributed by atoms with Gasteiger partial charge in [-0.2, -0.15) is 4.31 Å². The first kappa shape index (κ1) is 29.4. The van der Waals surface area contributed by atoms with Crippen molar-refractivity contribution in [3.63, 3.8) is 0 Å². The molecule has 2 saturated heterocycles. The maximum atomic E-state index is 13.7. The predicted molar refractivity (Wildman–Crippen MR) is 163 cm³/mol. The number of hydrogen-bond donors (Lipinski definition) is 0. The summed E-state index contributed by atoms with van der Waals surface area (Å²) in [7, 11) is -3.84. The topological polar surface area (TPSA) is 87.0 Å². The SMILES string of the molecule is Cc1cc(C)c(C=Cc2onc(C)c2S(=O)(=O)N2CCC(C(=O)N3CCN(c4cccc(Cl)c4)CC3)CC2)c(C)c1. The number of aromatic nitrogens is 1. The average Bonchev–Trinajstić information content (AvgIpc) is 3.33. The van der Waals surface area contributed by atoms with Gasteiger partial charge in [-0.1, -0.05) is 46.6 Å². The van der Waals surface area contributed by atoms with E-state index in [1.54, 1.807) is 13.0 Å². The number of piperidine rings is 1. The Hall–Kier alpha value is -3.14. The van der Waals surface area contributed by atoms with Crippen molar-refractivity contribution in [1.82, 2.24) is 14.4 Å². The molecule has 2 aromatic carbocycles. The van der Waals surface area contributed by atoms with Crippen LogP contribution in [0.2, 0.25) is 5.02 Å². The monoisotopic (exact) mass is 596 g/mol. The lowest BCUT2D eigenvalue weighted by Crippen LogP contribution is -2.52. The summed E-state index contributed by atoms with van der Waals surface area (Å²) in [5.74, 6) is 0.147. The summed E-state index contributed by atoms with van der Waals surface area (Å²) in [5.41, 5.74) is 5.82. The minimum absolute atomic E-state index is 0.0954. The van der Waals surface area contributed by atoms with E-state index in [9.17, 15) is 13.2 Å². The fourth-order valence-electron chi connectivity index (χ4n) is 6.00. The van der Waals surface area contributed by atoms with Crippen molar-refractivity contribution >= 4 is 45.4 Å². The van der Waals surface area contributed by atoms with Crippen molar-refractivity contribution in [1.29, 1.82) is 0 Å². The van der Waals surface area contributed by atoms with Crippen LogP contribution in [0.15, 0.2) is 45.8 Å². The maximum Gasteiger partial charge on any atom is 0.248 e. The highest BCUT2D eigenvalue weighted by molar-refractivity contribution is 7.89. The number of benzene rings is 2. The summed E-state index contributed by atoms with van der Waals surface area (Å²) in [6.07, 6.45) is 4.56.